The summed E-state index contributed by atoms with van der Waals surface area (Å²) in [6.07, 6.45) is 3.66. The van der Waals surface area contributed by atoms with Crippen molar-refractivity contribution in [1.82, 2.24) is 18.6 Å². The van der Waals surface area contributed by atoms with Crippen LogP contribution in [0.2, 0.25) is 0 Å². The van der Waals surface area contributed by atoms with Gasteiger partial charge in [-0.2, -0.15) is 0 Å². The molecule has 4 heterocycles. The molecule has 1 amide bonds. The first-order valence-electron chi connectivity index (χ1n) is 19.6. The molecule has 0 aliphatic carbocycles. The molecule has 61 heavy (non-hydrogen) atoms. The van der Waals surface area contributed by atoms with E-state index >= 15 is 0 Å². The Bertz CT molecular complexity index is 2460. The second kappa shape index (κ2) is 25.3. The molecule has 0 fully saturated rings. The summed E-state index contributed by atoms with van der Waals surface area (Å²) in [4.78, 5) is 49.2. The molecule has 1 aliphatic rings. The minimum atomic E-state index is 0. The fourth-order valence-corrected chi connectivity index (χ4v) is 7.23. The first kappa shape index (κ1) is 57.6. The average Bonchev–Trinajstić information content (AvgIpc) is 3.15. The van der Waals surface area contributed by atoms with E-state index in [4.69, 9.17) is 0 Å². The number of hydrogen-bond acceptors (Lipinski definition) is 4. The van der Waals surface area contributed by atoms with Crippen LogP contribution in [-0.4, -0.2) is 31.6 Å². The van der Waals surface area contributed by atoms with Gasteiger partial charge < -0.3 is 18.6 Å². The Hall–Kier alpha value is -5.50. The summed E-state index contributed by atoms with van der Waals surface area (Å²) in [6.45, 7) is 17.2. The molecule has 1 unspecified atom stereocenters. The standard InChI is InChI=1S/C13H15NO.C13H17NO.C13H15NO.C9H13NO.5CH4/c1-9(2)11-8-10-6-4-5-7-12(10)14(3)13(11)15;2*1-9(2)12-11-7-5-4-6-10(11)8-14(3)13(12)15;1-7(2)8-5-4-6-10(3)9(8)11;;;;;/h4-9H,1-3H3;4-7,9,12H,8H2,1-3H3;4-9H,1-3H3;4-7H,1-3H3;5*1H4. The predicted molar refractivity (Wildman–Crippen MR) is 266 cm³/mol. The number of hydrogen-bond donors (Lipinski definition) is 0. The summed E-state index contributed by atoms with van der Waals surface area (Å²) in [6, 6.07) is 30.1. The zero-order chi connectivity index (χ0) is 41.4. The number of aryl methyl sites for hydroxylation is 3. The van der Waals surface area contributed by atoms with Crippen molar-refractivity contribution < 1.29 is 4.79 Å². The highest BCUT2D eigenvalue weighted by atomic mass is 16.2. The van der Waals surface area contributed by atoms with Gasteiger partial charge in [0.15, 0.2) is 0 Å². The monoisotopic (exact) mass is 837 g/mol. The lowest BCUT2D eigenvalue weighted by atomic mass is 9.82. The lowest BCUT2D eigenvalue weighted by Crippen LogP contribution is -2.38. The van der Waals surface area contributed by atoms with E-state index in [0.29, 0.717) is 11.8 Å². The molecule has 6 aromatic rings. The normalized spacial score (nSPS) is 12.5. The van der Waals surface area contributed by atoms with Gasteiger partial charge in [0.1, 0.15) is 0 Å². The second-order valence-electron chi connectivity index (χ2n) is 16.0. The molecule has 8 nitrogen and oxygen atoms in total. The van der Waals surface area contributed by atoms with Gasteiger partial charge in [0, 0.05) is 63.8 Å². The highest BCUT2D eigenvalue weighted by Crippen LogP contribution is 2.33. The van der Waals surface area contributed by atoms with Crippen LogP contribution in [0.15, 0.2) is 118 Å². The van der Waals surface area contributed by atoms with E-state index in [0.717, 1.165) is 44.9 Å². The largest absolute Gasteiger partial charge is 0.341 e. The molecule has 3 aromatic heterocycles. The molecule has 8 heteroatoms. The zero-order valence-electron chi connectivity index (χ0n) is 35.3. The first-order chi connectivity index (χ1) is 26.5. The number of amides is 1. The smallest absolute Gasteiger partial charge is 0.254 e. The second-order valence-corrected chi connectivity index (χ2v) is 16.0. The number of nitrogens with zero attached hydrogens (tertiary/aromatic N) is 4. The van der Waals surface area contributed by atoms with Crippen molar-refractivity contribution in [2.75, 3.05) is 7.05 Å². The number of carbonyl (C=O) groups excluding carboxylic acids is 1. The number of pyridine rings is 3. The Morgan fingerprint density at radius 1 is 0.541 bits per heavy atom. The number of fused-ring (bicyclic) bond motifs is 3. The van der Waals surface area contributed by atoms with Gasteiger partial charge in [-0.15, -0.1) is 0 Å². The molecule has 336 valence electrons. The fraction of sp³-hybridized carbons (Fsp3) is 0.434. The number of para-hydroxylation sites is 1. The summed E-state index contributed by atoms with van der Waals surface area (Å²) in [5, 5.41) is 3.34. The Morgan fingerprint density at radius 2 is 1.08 bits per heavy atom. The minimum absolute atomic E-state index is 0. The Balaban J connectivity index is 0. The molecule has 0 bridgehead atoms. The van der Waals surface area contributed by atoms with Gasteiger partial charge in [-0.3, -0.25) is 19.2 Å². The van der Waals surface area contributed by atoms with Gasteiger partial charge in [0.25, 0.3) is 16.7 Å². The van der Waals surface area contributed by atoms with E-state index < -0.39 is 0 Å². The highest BCUT2D eigenvalue weighted by molar-refractivity contribution is 5.86. The molecule has 0 spiro atoms. The summed E-state index contributed by atoms with van der Waals surface area (Å²) in [5.41, 5.74) is 6.53. The van der Waals surface area contributed by atoms with Crippen LogP contribution in [0, 0.1) is 5.92 Å². The average molecular weight is 837 g/mol. The molecule has 1 aliphatic heterocycles. The van der Waals surface area contributed by atoms with Crippen LogP contribution in [-0.2, 0) is 32.5 Å². The van der Waals surface area contributed by atoms with E-state index in [1.165, 1.54) is 11.1 Å². The third-order valence-corrected chi connectivity index (χ3v) is 10.4. The lowest BCUT2D eigenvalue weighted by molar-refractivity contribution is -0.134. The van der Waals surface area contributed by atoms with Crippen LogP contribution in [0.4, 0.5) is 0 Å². The highest BCUT2D eigenvalue weighted by Gasteiger charge is 2.32. The molecule has 1 atom stereocenters. The number of carbonyl (C=O) groups is 1. The summed E-state index contributed by atoms with van der Waals surface area (Å²) < 4.78 is 5.00. The number of benzene rings is 3. The number of rotatable bonds is 4. The van der Waals surface area contributed by atoms with E-state index in [1.807, 2.05) is 132 Å². The van der Waals surface area contributed by atoms with Crippen molar-refractivity contribution in [1.29, 1.82) is 0 Å². The topological polar surface area (TPSA) is 86.3 Å². The van der Waals surface area contributed by atoms with Gasteiger partial charge in [-0.05, 0) is 69.2 Å². The van der Waals surface area contributed by atoms with E-state index in [2.05, 4.69) is 39.8 Å². The van der Waals surface area contributed by atoms with E-state index in [9.17, 15) is 19.2 Å². The third-order valence-electron chi connectivity index (χ3n) is 10.4. The summed E-state index contributed by atoms with van der Waals surface area (Å²) in [7, 11) is 7.29. The molecule has 0 saturated carbocycles. The van der Waals surface area contributed by atoms with Crippen LogP contribution in [0.1, 0.15) is 144 Å². The third kappa shape index (κ3) is 13.5. The molecular formula is C53H80N4O4. The SMILES string of the molecule is C.C.C.C.C.CC(C)C1C(=O)N(C)Cc2ccccc21.CC(C)c1c(=O)n(C)cc2ccccc12.CC(C)c1cc2ccccc2n(C)c1=O.CC(C)c1cccn(C)c1=O. The Morgan fingerprint density at radius 3 is 1.64 bits per heavy atom. The molecule has 0 N–H and O–H groups in total. The van der Waals surface area contributed by atoms with Gasteiger partial charge in [-0.1, -0.05) is 165 Å². The van der Waals surface area contributed by atoms with Crippen molar-refractivity contribution >= 4 is 27.6 Å². The molecule has 7 rings (SSSR count). The van der Waals surface area contributed by atoms with Gasteiger partial charge in [0.05, 0.1) is 11.4 Å². The molecule has 0 radical (unpaired) electrons. The van der Waals surface area contributed by atoms with Gasteiger partial charge in [0.2, 0.25) is 5.91 Å². The maximum absolute atomic E-state index is 12.1. The maximum Gasteiger partial charge on any atom is 0.254 e. The van der Waals surface area contributed by atoms with Crippen LogP contribution in [0.25, 0.3) is 21.7 Å². The zero-order valence-corrected chi connectivity index (χ0v) is 35.3. The van der Waals surface area contributed by atoms with Crippen LogP contribution < -0.4 is 16.7 Å². The molecule has 3 aromatic carbocycles. The van der Waals surface area contributed by atoms with Crippen LogP contribution in [0.3, 0.4) is 0 Å². The molecule has 0 saturated heterocycles. The summed E-state index contributed by atoms with van der Waals surface area (Å²) in [5.74, 6) is 1.50. The quantitative estimate of drug-likeness (QED) is 0.177. The van der Waals surface area contributed by atoms with Crippen molar-refractivity contribution in [3.8, 4) is 0 Å². The Kier molecular flexibility index (Phi) is 23.9. The van der Waals surface area contributed by atoms with Gasteiger partial charge >= 0.3 is 0 Å². The number of likely N-dealkylation sites (N-methyl/N-ethyl adjacent to an activating group) is 1. The van der Waals surface area contributed by atoms with Gasteiger partial charge in [-0.25, -0.2) is 0 Å². The first-order valence-corrected chi connectivity index (χ1v) is 19.6. The van der Waals surface area contributed by atoms with Crippen molar-refractivity contribution in [2.45, 2.75) is 123 Å². The maximum atomic E-state index is 12.1. The number of aromatic nitrogens is 3. The van der Waals surface area contributed by atoms with Crippen LogP contribution in [0.5, 0.6) is 0 Å². The van der Waals surface area contributed by atoms with Crippen molar-refractivity contribution in [3.63, 3.8) is 0 Å². The lowest BCUT2D eigenvalue weighted by Gasteiger charge is -2.33. The molecular weight excluding hydrogens is 757 g/mol. The fourth-order valence-electron chi connectivity index (χ4n) is 7.23. The predicted octanol–water partition coefficient (Wildman–Crippen LogP) is 12.4. The Labute approximate surface area is 368 Å². The van der Waals surface area contributed by atoms with Crippen LogP contribution >= 0.6 is 0 Å². The van der Waals surface area contributed by atoms with E-state index in [1.54, 1.807) is 34.0 Å². The minimum Gasteiger partial charge on any atom is -0.341 e. The van der Waals surface area contributed by atoms with E-state index in [-0.39, 0.29) is 77.5 Å². The summed E-state index contributed by atoms with van der Waals surface area (Å²) >= 11 is 0. The van der Waals surface area contributed by atoms with Crippen molar-refractivity contribution in [3.05, 3.63) is 162 Å². The van der Waals surface area contributed by atoms with Crippen molar-refractivity contribution in [2.24, 2.45) is 27.1 Å².